The Hall–Kier alpha value is -5.86. The summed E-state index contributed by atoms with van der Waals surface area (Å²) in [5, 5.41) is 5.32. The van der Waals surface area contributed by atoms with Gasteiger partial charge in [0.05, 0.1) is 5.70 Å². The average Bonchev–Trinajstić information content (AvgIpc) is 3.77. The molecule has 2 aliphatic carbocycles. The number of rotatable bonds is 7. The van der Waals surface area contributed by atoms with Crippen LogP contribution in [0, 0.1) is 0 Å². The molecule has 0 fully saturated rings. The Morgan fingerprint density at radius 2 is 1.18 bits per heavy atom. The predicted octanol–water partition coefficient (Wildman–Crippen LogP) is 14.1. The Kier molecular flexibility index (Phi) is 8.54. The van der Waals surface area contributed by atoms with Gasteiger partial charge in [-0.05, 0) is 124 Å². The maximum absolute atomic E-state index is 2.53. The number of allylic oxidation sites excluding steroid dienone is 9. The molecule has 0 aromatic heterocycles. The van der Waals surface area contributed by atoms with E-state index in [2.05, 4.69) is 209 Å². The first-order chi connectivity index (χ1) is 26.7. The quantitative estimate of drug-likeness (QED) is 0.162. The number of nitrogens with zero attached hydrogens (tertiary/aromatic N) is 2. The lowest BCUT2D eigenvalue weighted by Crippen LogP contribution is -2.26. The van der Waals surface area contributed by atoms with Crippen molar-refractivity contribution in [2.45, 2.75) is 65.2 Å². The molecule has 2 nitrogen and oxygen atoms in total. The van der Waals surface area contributed by atoms with E-state index in [1.165, 1.54) is 89.0 Å². The highest BCUT2D eigenvalue weighted by Crippen LogP contribution is 2.52. The molecule has 0 unspecified atom stereocenters. The minimum Gasteiger partial charge on any atom is -0.344 e. The zero-order valence-corrected chi connectivity index (χ0v) is 33.0. The minimum atomic E-state index is -0.149. The number of benzene rings is 6. The minimum absolute atomic E-state index is 0.116. The number of hydrogen-bond acceptors (Lipinski definition) is 2. The molecule has 1 aliphatic heterocycles. The average molecular weight is 715 g/mol. The zero-order valence-electron chi connectivity index (χ0n) is 33.0. The molecule has 6 aromatic carbocycles. The molecule has 9 rings (SSSR count). The molecule has 1 heterocycles. The molecular formula is C53H50N2. The van der Waals surface area contributed by atoms with E-state index in [4.69, 9.17) is 0 Å². The Bertz CT molecular complexity index is 2590. The van der Waals surface area contributed by atoms with Crippen LogP contribution in [0.4, 0.5) is 17.1 Å². The molecule has 0 saturated heterocycles. The van der Waals surface area contributed by atoms with E-state index >= 15 is 0 Å². The summed E-state index contributed by atoms with van der Waals surface area (Å²) in [6, 6.07) is 48.7. The van der Waals surface area contributed by atoms with E-state index < -0.39 is 0 Å². The largest absolute Gasteiger partial charge is 0.344 e. The second kappa shape index (κ2) is 13.5. The van der Waals surface area contributed by atoms with Crippen LogP contribution >= 0.6 is 0 Å². The fraction of sp³-hybridized carbons (Fsp3) is 0.208. The van der Waals surface area contributed by atoms with Crippen LogP contribution in [0.5, 0.6) is 0 Å². The first-order valence-corrected chi connectivity index (χ1v) is 20.0. The van der Waals surface area contributed by atoms with E-state index in [9.17, 15) is 0 Å². The molecule has 3 aliphatic rings. The third-order valence-corrected chi connectivity index (χ3v) is 12.5. The molecule has 55 heavy (non-hydrogen) atoms. The number of para-hydroxylation sites is 2. The van der Waals surface area contributed by atoms with Crippen LogP contribution in [-0.2, 0) is 10.8 Å². The molecular weight excluding hydrogens is 665 g/mol. The molecule has 0 N–H and O–H groups in total. The third-order valence-electron chi connectivity index (χ3n) is 12.5. The van der Waals surface area contributed by atoms with Gasteiger partial charge in [0.15, 0.2) is 0 Å². The van der Waals surface area contributed by atoms with Gasteiger partial charge in [0, 0.05) is 40.1 Å². The van der Waals surface area contributed by atoms with Gasteiger partial charge >= 0.3 is 0 Å². The monoisotopic (exact) mass is 714 g/mol. The summed E-state index contributed by atoms with van der Waals surface area (Å²) in [7, 11) is 0. The smallest absolute Gasteiger partial charge is 0.0525 e. The predicted molar refractivity (Wildman–Crippen MR) is 236 cm³/mol. The highest BCUT2D eigenvalue weighted by Gasteiger charge is 2.41. The summed E-state index contributed by atoms with van der Waals surface area (Å²) in [5.74, 6) is 0. The third kappa shape index (κ3) is 5.61. The van der Waals surface area contributed by atoms with Gasteiger partial charge in [-0.25, -0.2) is 0 Å². The number of fused-ring (bicyclic) bond motifs is 6. The van der Waals surface area contributed by atoms with Gasteiger partial charge in [-0.3, -0.25) is 0 Å². The molecule has 0 amide bonds. The lowest BCUT2D eigenvalue weighted by atomic mass is 9.78. The summed E-state index contributed by atoms with van der Waals surface area (Å²) in [5.41, 5.74) is 15.8. The summed E-state index contributed by atoms with van der Waals surface area (Å²) in [6.07, 6.45) is 11.7. The lowest BCUT2D eigenvalue weighted by molar-refractivity contribution is 0.638. The van der Waals surface area contributed by atoms with Gasteiger partial charge in [0.2, 0.25) is 0 Å². The highest BCUT2D eigenvalue weighted by molar-refractivity contribution is 5.97. The second-order valence-corrected chi connectivity index (χ2v) is 16.4. The highest BCUT2D eigenvalue weighted by atomic mass is 15.2. The van der Waals surface area contributed by atoms with Crippen molar-refractivity contribution in [1.82, 2.24) is 0 Å². The SMILES string of the molecule is CCN1/C(=C\C=C2\CCC(/C=C/C3=C(C)c4ccc5ccccc5c4C3(C)C)=C2N(c2ccccc2)c2ccccc2)C(C)(C)c2c1ccc1ccccc21. The second-order valence-electron chi connectivity index (χ2n) is 16.4. The number of hydrogen-bond donors (Lipinski definition) is 0. The van der Waals surface area contributed by atoms with Crippen molar-refractivity contribution in [1.29, 1.82) is 0 Å². The number of anilines is 3. The maximum atomic E-state index is 2.53. The van der Waals surface area contributed by atoms with Crippen molar-refractivity contribution in [2.75, 3.05) is 16.3 Å². The molecule has 2 heteroatoms. The van der Waals surface area contributed by atoms with E-state index in [0.29, 0.717) is 0 Å². The van der Waals surface area contributed by atoms with Crippen LogP contribution in [0.3, 0.4) is 0 Å². The summed E-state index contributed by atoms with van der Waals surface area (Å²) >= 11 is 0. The Morgan fingerprint density at radius 1 is 0.600 bits per heavy atom. The fourth-order valence-corrected chi connectivity index (χ4v) is 9.96. The van der Waals surface area contributed by atoms with E-state index in [-0.39, 0.29) is 10.8 Å². The van der Waals surface area contributed by atoms with Crippen LogP contribution in [0.1, 0.15) is 71.1 Å². The maximum Gasteiger partial charge on any atom is 0.0525 e. The van der Waals surface area contributed by atoms with Crippen molar-refractivity contribution in [3.8, 4) is 0 Å². The molecule has 272 valence electrons. The van der Waals surface area contributed by atoms with Crippen molar-refractivity contribution in [2.24, 2.45) is 0 Å². The molecule has 0 spiro atoms. The van der Waals surface area contributed by atoms with E-state index in [1.807, 2.05) is 0 Å². The number of likely N-dealkylation sites (N-methyl/N-ethyl adjacent to an activating group) is 1. The lowest BCUT2D eigenvalue weighted by Gasteiger charge is -2.29. The standard InChI is InChI=1S/C53H50N2/c1-7-54-47-34-30-38-19-15-17-25-45(38)50(47)53(5,6)48(54)35-31-40-27-26-39(51(40)55(41-20-10-8-11-21-41)42-22-12-9-13-23-42)29-33-46-36(2)43-32-28-37-18-14-16-24-44(37)49(43)52(46,3)4/h8-25,28-35H,7,26-27H2,1-6H3/b33-29+,40-31-,48-35-. The molecule has 0 radical (unpaired) electrons. The molecule has 0 atom stereocenters. The van der Waals surface area contributed by atoms with Crippen LogP contribution in [0.2, 0.25) is 0 Å². The normalized spacial score (nSPS) is 18.8. The van der Waals surface area contributed by atoms with Gasteiger partial charge in [-0.2, -0.15) is 0 Å². The fourth-order valence-electron chi connectivity index (χ4n) is 9.96. The van der Waals surface area contributed by atoms with Crippen molar-refractivity contribution in [3.63, 3.8) is 0 Å². The summed E-state index contributed by atoms with van der Waals surface area (Å²) in [4.78, 5) is 5.02. The van der Waals surface area contributed by atoms with Gasteiger partial charge in [0.25, 0.3) is 0 Å². The first-order valence-electron chi connectivity index (χ1n) is 20.0. The molecule has 6 aromatic rings. The van der Waals surface area contributed by atoms with Gasteiger partial charge < -0.3 is 9.80 Å². The summed E-state index contributed by atoms with van der Waals surface area (Å²) in [6.45, 7) is 15.1. The Morgan fingerprint density at radius 3 is 1.82 bits per heavy atom. The Labute approximate surface area is 327 Å². The van der Waals surface area contributed by atoms with Crippen LogP contribution in [-0.4, -0.2) is 6.54 Å². The topological polar surface area (TPSA) is 6.48 Å². The van der Waals surface area contributed by atoms with Crippen LogP contribution in [0.25, 0.3) is 27.1 Å². The van der Waals surface area contributed by atoms with Crippen LogP contribution in [0.15, 0.2) is 186 Å². The first kappa shape index (κ1) is 34.9. The van der Waals surface area contributed by atoms with Crippen LogP contribution < -0.4 is 9.80 Å². The van der Waals surface area contributed by atoms with E-state index in [1.54, 1.807) is 0 Å². The van der Waals surface area contributed by atoms with Crippen molar-refractivity contribution < 1.29 is 0 Å². The van der Waals surface area contributed by atoms with E-state index in [0.717, 1.165) is 19.4 Å². The van der Waals surface area contributed by atoms with Crippen molar-refractivity contribution >= 4 is 44.2 Å². The molecule has 0 bridgehead atoms. The molecule has 0 saturated carbocycles. The van der Waals surface area contributed by atoms with Gasteiger partial charge in [-0.15, -0.1) is 0 Å². The van der Waals surface area contributed by atoms with Gasteiger partial charge in [0.1, 0.15) is 0 Å². The summed E-state index contributed by atoms with van der Waals surface area (Å²) < 4.78 is 0. The van der Waals surface area contributed by atoms with Crippen molar-refractivity contribution in [3.05, 3.63) is 203 Å². The Balaban J connectivity index is 1.20. The zero-order chi connectivity index (χ0) is 37.9. The van der Waals surface area contributed by atoms with Gasteiger partial charge in [-0.1, -0.05) is 149 Å².